The average Bonchev–Trinajstić information content (AvgIpc) is 3.31. The van der Waals surface area contributed by atoms with E-state index in [9.17, 15) is 4.79 Å². The molecule has 26 heavy (non-hydrogen) atoms. The van der Waals surface area contributed by atoms with Gasteiger partial charge in [-0.2, -0.15) is 0 Å². The van der Waals surface area contributed by atoms with Crippen LogP contribution in [0, 0.1) is 0 Å². The second kappa shape index (κ2) is 6.21. The Bertz CT molecular complexity index is 1030. The Labute approximate surface area is 154 Å². The summed E-state index contributed by atoms with van der Waals surface area (Å²) < 4.78 is 6.85. The fraction of sp³-hybridized carbons (Fsp3) is 0.250. The number of aromatic nitrogens is 2. The van der Waals surface area contributed by atoms with Crippen molar-refractivity contribution in [2.45, 2.75) is 18.8 Å². The first-order valence-corrected chi connectivity index (χ1v) is 9.60. The molecule has 5 nitrogen and oxygen atoms in total. The van der Waals surface area contributed by atoms with E-state index in [4.69, 9.17) is 9.40 Å². The molecule has 0 radical (unpaired) electrons. The first-order chi connectivity index (χ1) is 12.8. The minimum Gasteiger partial charge on any atom is -0.432 e. The maximum Gasteiger partial charge on any atom is 0.309 e. The van der Waals surface area contributed by atoms with E-state index in [2.05, 4.69) is 17.1 Å². The van der Waals surface area contributed by atoms with Crippen molar-refractivity contribution in [3.8, 4) is 0 Å². The summed E-state index contributed by atoms with van der Waals surface area (Å²) >= 11 is 1.77. The normalized spacial score (nSPS) is 15.8. The molecule has 3 heterocycles. The van der Waals surface area contributed by atoms with Crippen LogP contribution in [0.4, 0.5) is 0 Å². The number of amides is 1. The quantitative estimate of drug-likeness (QED) is 0.528. The highest BCUT2D eigenvalue weighted by molar-refractivity contribution is 7.18. The van der Waals surface area contributed by atoms with E-state index in [0.717, 1.165) is 23.9 Å². The monoisotopic (exact) mass is 363 g/mol. The number of rotatable bonds is 2. The van der Waals surface area contributed by atoms with Crippen LogP contribution in [0.25, 0.3) is 21.3 Å². The first-order valence-electron chi connectivity index (χ1n) is 8.78. The molecule has 5 rings (SSSR count). The highest BCUT2D eigenvalue weighted by atomic mass is 32.1. The number of hydrogen-bond donors (Lipinski definition) is 0. The summed E-state index contributed by atoms with van der Waals surface area (Å²) in [7, 11) is 0. The Morgan fingerprint density at radius 3 is 2.50 bits per heavy atom. The van der Waals surface area contributed by atoms with E-state index in [0.29, 0.717) is 24.6 Å². The number of carbonyl (C=O) groups excluding carboxylic acids is 1. The van der Waals surface area contributed by atoms with Gasteiger partial charge in [-0.1, -0.05) is 24.3 Å². The van der Waals surface area contributed by atoms with Crippen LogP contribution >= 0.6 is 11.3 Å². The molecule has 6 heteroatoms. The topological polar surface area (TPSA) is 59.2 Å². The summed E-state index contributed by atoms with van der Waals surface area (Å²) in [6.45, 7) is 1.41. The van der Waals surface area contributed by atoms with Gasteiger partial charge < -0.3 is 9.32 Å². The number of oxazole rings is 1. The molecule has 0 bridgehead atoms. The highest BCUT2D eigenvalue weighted by Gasteiger charge is 2.28. The molecule has 0 N–H and O–H groups in total. The summed E-state index contributed by atoms with van der Waals surface area (Å²) in [4.78, 5) is 23.7. The summed E-state index contributed by atoms with van der Waals surface area (Å²) in [6, 6.07) is 15.7. The highest BCUT2D eigenvalue weighted by Crippen LogP contribution is 2.34. The van der Waals surface area contributed by atoms with E-state index in [-0.39, 0.29) is 11.8 Å². The summed E-state index contributed by atoms with van der Waals surface area (Å²) in [5.74, 6) is 0.480. The third kappa shape index (κ3) is 2.66. The van der Waals surface area contributed by atoms with E-state index in [1.54, 1.807) is 11.3 Å². The molecule has 1 aliphatic heterocycles. The van der Waals surface area contributed by atoms with Crippen LogP contribution in [0.5, 0.6) is 0 Å². The molecule has 2 aromatic heterocycles. The molecule has 2 aromatic carbocycles. The third-order valence-electron chi connectivity index (χ3n) is 4.92. The zero-order chi connectivity index (χ0) is 17.5. The van der Waals surface area contributed by atoms with Gasteiger partial charge in [-0.3, -0.25) is 4.79 Å². The smallest absolute Gasteiger partial charge is 0.309 e. The van der Waals surface area contributed by atoms with Gasteiger partial charge >= 0.3 is 5.91 Å². The number of fused-ring (bicyclic) bond motifs is 2. The van der Waals surface area contributed by atoms with E-state index in [1.165, 1.54) is 9.71 Å². The Morgan fingerprint density at radius 2 is 1.73 bits per heavy atom. The number of piperidine rings is 1. The predicted octanol–water partition coefficient (Wildman–Crippen LogP) is 4.46. The SMILES string of the molecule is O=C(c1nc2ccccc2o1)N1CCC(c2nc3ccccc3s2)CC1. The zero-order valence-corrected chi connectivity index (χ0v) is 14.9. The van der Waals surface area contributed by atoms with Crippen LogP contribution in [0.15, 0.2) is 52.9 Å². The van der Waals surface area contributed by atoms with Gasteiger partial charge in [-0.15, -0.1) is 11.3 Å². The van der Waals surface area contributed by atoms with Gasteiger partial charge in [-0.05, 0) is 37.1 Å². The number of nitrogens with zero attached hydrogens (tertiary/aromatic N) is 3. The van der Waals surface area contributed by atoms with Crippen molar-refractivity contribution < 1.29 is 9.21 Å². The number of para-hydroxylation sites is 3. The zero-order valence-electron chi connectivity index (χ0n) is 14.1. The minimum atomic E-state index is -0.121. The van der Waals surface area contributed by atoms with Crippen molar-refractivity contribution in [1.82, 2.24) is 14.9 Å². The van der Waals surface area contributed by atoms with Crippen LogP contribution in [-0.4, -0.2) is 33.9 Å². The van der Waals surface area contributed by atoms with Crippen molar-refractivity contribution >= 4 is 38.6 Å². The molecule has 1 aliphatic rings. The van der Waals surface area contributed by atoms with Gasteiger partial charge in [0.25, 0.3) is 5.89 Å². The van der Waals surface area contributed by atoms with Crippen LogP contribution in [0.3, 0.4) is 0 Å². The van der Waals surface area contributed by atoms with Crippen molar-refractivity contribution in [3.05, 3.63) is 59.4 Å². The van der Waals surface area contributed by atoms with Crippen LogP contribution in [-0.2, 0) is 0 Å². The standard InChI is InChI=1S/C20H17N3O2S/c24-20(18-21-14-5-1-3-7-16(14)25-18)23-11-9-13(10-12-23)19-22-15-6-2-4-8-17(15)26-19/h1-8,13H,9-12H2. The first kappa shape index (κ1) is 15.5. The molecule has 0 atom stereocenters. The molecule has 0 aliphatic carbocycles. The minimum absolute atomic E-state index is 0.121. The largest absolute Gasteiger partial charge is 0.432 e. The molecule has 130 valence electrons. The van der Waals surface area contributed by atoms with Gasteiger partial charge in [-0.25, -0.2) is 9.97 Å². The van der Waals surface area contributed by atoms with Gasteiger partial charge in [0.2, 0.25) is 0 Å². The number of carbonyl (C=O) groups is 1. The van der Waals surface area contributed by atoms with E-state index >= 15 is 0 Å². The van der Waals surface area contributed by atoms with Crippen molar-refractivity contribution in [1.29, 1.82) is 0 Å². The lowest BCUT2D eigenvalue weighted by atomic mass is 9.97. The third-order valence-corrected chi connectivity index (χ3v) is 6.12. The fourth-order valence-corrected chi connectivity index (χ4v) is 4.63. The van der Waals surface area contributed by atoms with Crippen LogP contribution < -0.4 is 0 Å². The lowest BCUT2D eigenvalue weighted by Crippen LogP contribution is -2.38. The molecule has 4 aromatic rings. The number of benzene rings is 2. The molecule has 0 unspecified atom stereocenters. The summed E-state index contributed by atoms with van der Waals surface area (Å²) in [5.41, 5.74) is 2.44. The van der Waals surface area contributed by atoms with E-state index < -0.39 is 0 Å². The van der Waals surface area contributed by atoms with Gasteiger partial charge in [0, 0.05) is 19.0 Å². The molecular weight excluding hydrogens is 346 g/mol. The summed E-state index contributed by atoms with van der Waals surface area (Å²) in [5, 5.41) is 1.18. The van der Waals surface area contributed by atoms with Gasteiger partial charge in [0.15, 0.2) is 5.58 Å². The molecule has 1 amide bonds. The molecule has 1 saturated heterocycles. The van der Waals surface area contributed by atoms with Crippen molar-refractivity contribution in [2.75, 3.05) is 13.1 Å². The lowest BCUT2D eigenvalue weighted by Gasteiger charge is -2.30. The second-order valence-corrected chi connectivity index (χ2v) is 7.64. The Kier molecular flexibility index (Phi) is 3.71. The van der Waals surface area contributed by atoms with Gasteiger partial charge in [0.1, 0.15) is 5.52 Å². The predicted molar refractivity (Wildman–Crippen MR) is 102 cm³/mol. The Hall–Kier alpha value is -2.73. The number of likely N-dealkylation sites (tertiary alicyclic amines) is 1. The van der Waals surface area contributed by atoms with Crippen molar-refractivity contribution in [3.63, 3.8) is 0 Å². The molecule has 0 saturated carbocycles. The van der Waals surface area contributed by atoms with Crippen LogP contribution in [0.2, 0.25) is 0 Å². The lowest BCUT2D eigenvalue weighted by molar-refractivity contribution is 0.0675. The van der Waals surface area contributed by atoms with E-state index in [1.807, 2.05) is 41.3 Å². The van der Waals surface area contributed by atoms with Crippen LogP contribution in [0.1, 0.15) is 34.5 Å². The molecule has 1 fully saturated rings. The number of thiazole rings is 1. The maximum absolute atomic E-state index is 12.7. The fourth-order valence-electron chi connectivity index (χ4n) is 3.49. The summed E-state index contributed by atoms with van der Waals surface area (Å²) in [6.07, 6.45) is 1.84. The Balaban J connectivity index is 1.31. The molecule has 0 spiro atoms. The maximum atomic E-state index is 12.7. The van der Waals surface area contributed by atoms with Gasteiger partial charge in [0.05, 0.1) is 15.2 Å². The second-order valence-electron chi connectivity index (χ2n) is 6.57. The number of hydrogen-bond acceptors (Lipinski definition) is 5. The van der Waals surface area contributed by atoms with Crippen molar-refractivity contribution in [2.24, 2.45) is 0 Å². The Morgan fingerprint density at radius 1 is 1.00 bits per heavy atom. The molecular formula is C20H17N3O2S. The average molecular weight is 363 g/mol.